The maximum absolute atomic E-state index is 12.7. The predicted octanol–water partition coefficient (Wildman–Crippen LogP) is -0.607. The summed E-state index contributed by atoms with van der Waals surface area (Å²) in [7, 11) is 0. The van der Waals surface area contributed by atoms with Crippen molar-refractivity contribution >= 4 is 17.8 Å². The van der Waals surface area contributed by atoms with E-state index in [-0.39, 0.29) is 18.4 Å². The van der Waals surface area contributed by atoms with E-state index in [2.05, 4.69) is 10.2 Å². The Balaban J connectivity index is 1.55. The number of hydrogen-bond acceptors (Lipinski definition) is 6. The molecular weight excluding hydrogens is 352 g/mol. The first kappa shape index (κ1) is 20.0. The van der Waals surface area contributed by atoms with Crippen molar-refractivity contribution in [3.05, 3.63) is 0 Å². The lowest BCUT2D eigenvalue weighted by Gasteiger charge is -2.35. The molecular formula is C18H30N4O5. The second-order valence-corrected chi connectivity index (χ2v) is 8.29. The van der Waals surface area contributed by atoms with Gasteiger partial charge in [-0.05, 0) is 33.1 Å². The molecule has 2 N–H and O–H groups in total. The second-order valence-electron chi connectivity index (χ2n) is 8.29. The highest BCUT2D eigenvalue weighted by molar-refractivity contribution is 6.08. The van der Waals surface area contributed by atoms with Crippen molar-refractivity contribution in [1.29, 1.82) is 0 Å². The van der Waals surface area contributed by atoms with E-state index < -0.39 is 17.2 Å². The van der Waals surface area contributed by atoms with Gasteiger partial charge in [0.05, 0.1) is 18.8 Å². The summed E-state index contributed by atoms with van der Waals surface area (Å²) in [4.78, 5) is 41.7. The topological polar surface area (TPSA) is 102 Å². The van der Waals surface area contributed by atoms with Crippen LogP contribution in [0.5, 0.6) is 0 Å². The van der Waals surface area contributed by atoms with Crippen molar-refractivity contribution in [3.8, 4) is 0 Å². The lowest BCUT2D eigenvalue weighted by atomic mass is 9.94. The van der Waals surface area contributed by atoms with E-state index in [1.54, 1.807) is 18.7 Å². The van der Waals surface area contributed by atoms with E-state index in [0.717, 1.165) is 18.0 Å². The fourth-order valence-electron chi connectivity index (χ4n) is 3.96. The van der Waals surface area contributed by atoms with Crippen LogP contribution in [0, 0.1) is 0 Å². The van der Waals surface area contributed by atoms with Gasteiger partial charge in [-0.1, -0.05) is 0 Å². The summed E-state index contributed by atoms with van der Waals surface area (Å²) in [5, 5.41) is 13.6. The van der Waals surface area contributed by atoms with Gasteiger partial charge < -0.3 is 20.1 Å². The largest absolute Gasteiger partial charge is 0.388 e. The number of hydrogen-bond donors (Lipinski definition) is 2. The third-order valence-electron chi connectivity index (χ3n) is 5.63. The smallest absolute Gasteiger partial charge is 0.325 e. The molecule has 9 nitrogen and oxygen atoms in total. The molecule has 0 bridgehead atoms. The molecule has 4 amide bonds. The van der Waals surface area contributed by atoms with Crippen LogP contribution in [0.1, 0.15) is 33.1 Å². The molecule has 3 rings (SSSR count). The normalized spacial score (nSPS) is 29.6. The number of nitrogens with one attached hydrogen (secondary N) is 1. The summed E-state index contributed by atoms with van der Waals surface area (Å²) in [6.45, 7) is 7.51. The van der Waals surface area contributed by atoms with Crippen LogP contribution in [0.15, 0.2) is 0 Å². The Bertz CT molecular complexity index is 605. The number of amides is 4. The third kappa shape index (κ3) is 4.59. The average molecular weight is 382 g/mol. The highest BCUT2D eigenvalue weighted by Gasteiger charge is 2.45. The molecule has 0 aromatic heterocycles. The highest BCUT2D eigenvalue weighted by atomic mass is 16.5. The molecule has 27 heavy (non-hydrogen) atoms. The molecule has 3 aliphatic rings. The minimum atomic E-state index is -0.978. The van der Waals surface area contributed by atoms with Crippen molar-refractivity contribution in [1.82, 2.24) is 20.0 Å². The zero-order valence-corrected chi connectivity index (χ0v) is 16.2. The van der Waals surface area contributed by atoms with Gasteiger partial charge in [-0.2, -0.15) is 0 Å². The molecule has 3 saturated heterocycles. The molecule has 152 valence electrons. The molecule has 0 aliphatic carbocycles. The minimum absolute atomic E-state index is 0.254. The molecule has 0 radical (unpaired) electrons. The Kier molecular flexibility index (Phi) is 5.73. The zero-order chi connectivity index (χ0) is 19.7. The molecule has 9 heteroatoms. The van der Waals surface area contributed by atoms with Gasteiger partial charge in [0.2, 0.25) is 5.91 Å². The number of carbonyl (C=O) groups excluding carboxylic acids is 3. The molecule has 3 aliphatic heterocycles. The number of imide groups is 1. The van der Waals surface area contributed by atoms with Gasteiger partial charge in [0, 0.05) is 32.7 Å². The van der Waals surface area contributed by atoms with Crippen LogP contribution in [0.3, 0.4) is 0 Å². The van der Waals surface area contributed by atoms with Gasteiger partial charge in [-0.15, -0.1) is 0 Å². The van der Waals surface area contributed by atoms with Crippen LogP contribution < -0.4 is 5.32 Å². The number of aliphatic hydroxyl groups is 1. The summed E-state index contributed by atoms with van der Waals surface area (Å²) in [6.07, 6.45) is 1.81. The van der Waals surface area contributed by atoms with Gasteiger partial charge in [-0.25, -0.2) is 4.79 Å². The molecule has 0 spiro atoms. The van der Waals surface area contributed by atoms with E-state index in [1.165, 1.54) is 0 Å². The van der Waals surface area contributed by atoms with Crippen LogP contribution in [0.4, 0.5) is 4.79 Å². The minimum Gasteiger partial charge on any atom is -0.388 e. The Hall–Kier alpha value is -1.71. The van der Waals surface area contributed by atoms with Crippen LogP contribution in [-0.4, -0.2) is 101 Å². The molecule has 0 saturated carbocycles. The quantitative estimate of drug-likeness (QED) is 0.629. The second kappa shape index (κ2) is 7.73. The van der Waals surface area contributed by atoms with E-state index >= 15 is 0 Å². The van der Waals surface area contributed by atoms with Gasteiger partial charge in [0.1, 0.15) is 12.1 Å². The van der Waals surface area contributed by atoms with Crippen LogP contribution in [0.2, 0.25) is 0 Å². The molecule has 3 heterocycles. The van der Waals surface area contributed by atoms with E-state index in [1.807, 2.05) is 0 Å². The van der Waals surface area contributed by atoms with Gasteiger partial charge in [-0.3, -0.25) is 19.4 Å². The predicted molar refractivity (Wildman–Crippen MR) is 97.0 cm³/mol. The standard InChI is InChI=1S/C18H30N4O5/c1-17(2)15(24)22(16(25)19-17)12-14(23)21-6-3-4-18(26,5-7-21)13-20-8-10-27-11-9-20/h26H,3-13H2,1-2H3,(H,19,25)/t18-/m1/s1. The number of β-amino-alcohol motifs (C(OH)–C–C–N with tert-alkyl or cyclic N) is 1. The van der Waals surface area contributed by atoms with Gasteiger partial charge in [0.25, 0.3) is 5.91 Å². The highest BCUT2D eigenvalue weighted by Crippen LogP contribution is 2.25. The Morgan fingerprint density at radius 3 is 2.48 bits per heavy atom. The van der Waals surface area contributed by atoms with Crippen molar-refractivity contribution in [2.45, 2.75) is 44.2 Å². The number of carbonyl (C=O) groups is 3. The van der Waals surface area contributed by atoms with Crippen molar-refractivity contribution < 1.29 is 24.2 Å². The number of morpholine rings is 1. The summed E-state index contributed by atoms with van der Waals surface area (Å²) in [5.41, 5.74) is -1.80. The monoisotopic (exact) mass is 382 g/mol. The first-order chi connectivity index (χ1) is 12.7. The number of urea groups is 1. The van der Waals surface area contributed by atoms with E-state index in [9.17, 15) is 19.5 Å². The first-order valence-electron chi connectivity index (χ1n) is 9.65. The van der Waals surface area contributed by atoms with E-state index in [0.29, 0.717) is 52.1 Å². The van der Waals surface area contributed by atoms with Crippen molar-refractivity contribution in [3.63, 3.8) is 0 Å². The number of rotatable bonds is 4. The van der Waals surface area contributed by atoms with Gasteiger partial charge >= 0.3 is 6.03 Å². The summed E-state index contributed by atoms with van der Waals surface area (Å²) in [6, 6.07) is -0.531. The SMILES string of the molecule is CC1(C)NC(=O)N(CC(=O)N2CCC[C@](O)(CN3CCOCC3)CC2)C1=O. The molecule has 1 atom stereocenters. The lowest BCUT2D eigenvalue weighted by molar-refractivity contribution is -0.138. The molecule has 3 fully saturated rings. The van der Waals surface area contributed by atoms with Crippen LogP contribution in [-0.2, 0) is 14.3 Å². The Morgan fingerprint density at radius 2 is 1.85 bits per heavy atom. The Labute approximate surface area is 159 Å². The fourth-order valence-corrected chi connectivity index (χ4v) is 3.96. The van der Waals surface area contributed by atoms with Crippen molar-refractivity contribution in [2.75, 3.05) is 52.5 Å². The number of ether oxygens (including phenoxy) is 1. The van der Waals surface area contributed by atoms with Gasteiger partial charge in [0.15, 0.2) is 0 Å². The molecule has 0 aromatic carbocycles. The summed E-state index contributed by atoms with van der Waals surface area (Å²) < 4.78 is 5.35. The van der Waals surface area contributed by atoms with Crippen molar-refractivity contribution in [2.24, 2.45) is 0 Å². The van der Waals surface area contributed by atoms with Crippen LogP contribution in [0.25, 0.3) is 0 Å². The number of likely N-dealkylation sites (tertiary alicyclic amines) is 1. The Morgan fingerprint density at radius 1 is 1.15 bits per heavy atom. The summed E-state index contributed by atoms with van der Waals surface area (Å²) >= 11 is 0. The average Bonchev–Trinajstić information content (AvgIpc) is 2.75. The maximum Gasteiger partial charge on any atom is 0.325 e. The maximum atomic E-state index is 12.7. The van der Waals surface area contributed by atoms with Crippen LogP contribution >= 0.6 is 0 Å². The zero-order valence-electron chi connectivity index (χ0n) is 16.2. The van der Waals surface area contributed by atoms with E-state index in [4.69, 9.17) is 4.74 Å². The molecule has 0 aromatic rings. The fraction of sp³-hybridized carbons (Fsp3) is 0.833. The number of nitrogens with zero attached hydrogens (tertiary/aromatic N) is 3. The summed E-state index contributed by atoms with van der Waals surface area (Å²) in [5.74, 6) is -0.647. The molecule has 0 unspecified atom stereocenters. The lowest BCUT2D eigenvalue weighted by Crippen LogP contribution is -2.48. The third-order valence-corrected chi connectivity index (χ3v) is 5.63. The first-order valence-corrected chi connectivity index (χ1v) is 9.65.